The van der Waals surface area contributed by atoms with Crippen LogP contribution in [0.1, 0.15) is 34.1 Å². The third-order valence-corrected chi connectivity index (χ3v) is 6.21. The van der Waals surface area contributed by atoms with Crippen molar-refractivity contribution in [2.24, 2.45) is 11.8 Å². The molecule has 0 saturated carbocycles. The highest BCUT2D eigenvalue weighted by Crippen LogP contribution is 2.27. The van der Waals surface area contributed by atoms with Gasteiger partial charge in [-0.05, 0) is 56.4 Å². The maximum atomic E-state index is 12.9. The number of hydrogen-bond acceptors (Lipinski definition) is 5. The predicted octanol–water partition coefficient (Wildman–Crippen LogP) is 2.80. The van der Waals surface area contributed by atoms with E-state index in [0.717, 1.165) is 12.0 Å². The number of anilines is 1. The van der Waals surface area contributed by atoms with Gasteiger partial charge in [0.2, 0.25) is 10.0 Å². The summed E-state index contributed by atoms with van der Waals surface area (Å²) in [6.07, 6.45) is 2.32. The molecule has 1 N–H and O–H groups in total. The summed E-state index contributed by atoms with van der Waals surface area (Å²) in [4.78, 5) is 23.5. The van der Waals surface area contributed by atoms with Gasteiger partial charge in [0.05, 0.1) is 4.90 Å². The lowest BCUT2D eigenvalue weighted by atomic mass is 9.94. The minimum absolute atomic E-state index is 0.196. The molecule has 1 aromatic carbocycles. The average Bonchev–Trinajstić information content (AvgIpc) is 2.59. The van der Waals surface area contributed by atoms with Gasteiger partial charge in [-0.25, -0.2) is 13.2 Å². The zero-order valence-electron chi connectivity index (χ0n) is 16.8. The molecule has 2 atom stereocenters. The fourth-order valence-corrected chi connectivity index (χ4v) is 4.95. The van der Waals surface area contributed by atoms with Crippen LogP contribution >= 0.6 is 0 Å². The van der Waals surface area contributed by atoms with E-state index < -0.39 is 28.5 Å². The van der Waals surface area contributed by atoms with Gasteiger partial charge in [0.25, 0.3) is 5.91 Å². The van der Waals surface area contributed by atoms with Gasteiger partial charge in [-0.1, -0.05) is 19.4 Å². The summed E-state index contributed by atoms with van der Waals surface area (Å²) in [6, 6.07) is 6.01. The molecule has 1 aliphatic heterocycles. The Bertz CT molecular complexity index is 832. The average molecular weight is 409 g/mol. The van der Waals surface area contributed by atoms with Crippen molar-refractivity contribution in [2.75, 3.05) is 25.0 Å². The van der Waals surface area contributed by atoms with Crippen molar-refractivity contribution in [3.63, 3.8) is 0 Å². The number of sulfonamides is 1. The number of rotatable bonds is 6. The molecule has 1 saturated heterocycles. The number of hydrogen-bond donors (Lipinski definition) is 1. The smallest absolute Gasteiger partial charge is 0.331 e. The Morgan fingerprint density at radius 3 is 2.25 bits per heavy atom. The minimum Gasteiger partial charge on any atom is -0.452 e. The number of amides is 1. The molecular formula is C20H28N2O5S. The molecular weight excluding hydrogens is 380 g/mol. The summed E-state index contributed by atoms with van der Waals surface area (Å²) in [5, 5.41) is 2.58. The summed E-state index contributed by atoms with van der Waals surface area (Å²) >= 11 is 0. The normalized spacial score (nSPS) is 20.3. The van der Waals surface area contributed by atoms with E-state index in [1.54, 1.807) is 13.8 Å². The summed E-state index contributed by atoms with van der Waals surface area (Å²) in [6.45, 7) is 8.24. The number of nitrogens with one attached hydrogen (secondary N) is 1. The lowest BCUT2D eigenvalue weighted by Crippen LogP contribution is -2.42. The Hall–Kier alpha value is -2.19. The summed E-state index contributed by atoms with van der Waals surface area (Å²) in [5.41, 5.74) is 1.21. The van der Waals surface area contributed by atoms with Gasteiger partial charge < -0.3 is 10.1 Å². The van der Waals surface area contributed by atoms with Crippen molar-refractivity contribution in [2.45, 2.75) is 39.0 Å². The molecule has 154 valence electrons. The molecule has 0 bridgehead atoms. The standard InChI is InChI=1S/C20H28N2O5S/c1-14(2)9-20(24)27-13-19(23)21-17-5-7-18(8-6-17)28(25,26)22-11-15(3)10-16(4)12-22/h5-9,15-16H,10-13H2,1-4H3,(H,21,23)/t15-,16-/m0/s1. The highest BCUT2D eigenvalue weighted by molar-refractivity contribution is 7.89. The van der Waals surface area contributed by atoms with Gasteiger partial charge in [0.15, 0.2) is 6.61 Å². The minimum atomic E-state index is -3.56. The van der Waals surface area contributed by atoms with Gasteiger partial charge in [0.1, 0.15) is 0 Å². The molecule has 1 aromatic rings. The van der Waals surface area contributed by atoms with Crippen LogP contribution < -0.4 is 5.32 Å². The molecule has 0 unspecified atom stereocenters. The van der Waals surface area contributed by atoms with Gasteiger partial charge in [-0.2, -0.15) is 4.31 Å². The monoisotopic (exact) mass is 408 g/mol. The number of piperidine rings is 1. The van der Waals surface area contributed by atoms with E-state index >= 15 is 0 Å². The largest absolute Gasteiger partial charge is 0.452 e. The van der Waals surface area contributed by atoms with Crippen molar-refractivity contribution in [1.82, 2.24) is 4.31 Å². The van der Waals surface area contributed by atoms with E-state index in [1.807, 2.05) is 0 Å². The first kappa shape index (κ1) is 22.1. The Balaban J connectivity index is 1.98. The molecule has 1 amide bonds. The number of carbonyl (C=O) groups is 2. The van der Waals surface area contributed by atoms with Crippen molar-refractivity contribution >= 4 is 27.6 Å². The topological polar surface area (TPSA) is 92.8 Å². The second-order valence-electron chi connectivity index (χ2n) is 7.67. The first-order valence-corrected chi connectivity index (χ1v) is 10.7. The van der Waals surface area contributed by atoms with Crippen LogP contribution in [0.3, 0.4) is 0 Å². The highest BCUT2D eigenvalue weighted by atomic mass is 32.2. The molecule has 1 heterocycles. The van der Waals surface area contributed by atoms with E-state index in [4.69, 9.17) is 4.74 Å². The molecule has 1 fully saturated rings. The maximum Gasteiger partial charge on any atom is 0.331 e. The molecule has 0 spiro atoms. The van der Waals surface area contributed by atoms with Crippen molar-refractivity contribution in [1.29, 1.82) is 0 Å². The van der Waals surface area contributed by atoms with Crippen LogP contribution in [0.25, 0.3) is 0 Å². The quantitative estimate of drug-likeness (QED) is 0.577. The number of nitrogens with zero attached hydrogens (tertiary/aromatic N) is 1. The Morgan fingerprint density at radius 2 is 1.71 bits per heavy atom. The van der Waals surface area contributed by atoms with Crippen LogP contribution in [0.2, 0.25) is 0 Å². The number of esters is 1. The zero-order valence-corrected chi connectivity index (χ0v) is 17.6. The molecule has 1 aliphatic rings. The van der Waals surface area contributed by atoms with Gasteiger partial charge in [-0.15, -0.1) is 0 Å². The van der Waals surface area contributed by atoms with E-state index in [1.165, 1.54) is 34.6 Å². The Labute approximate surface area is 166 Å². The van der Waals surface area contributed by atoms with E-state index in [-0.39, 0.29) is 4.90 Å². The number of allylic oxidation sites excluding steroid dienone is 1. The fourth-order valence-electron chi connectivity index (χ4n) is 3.27. The number of benzene rings is 1. The second-order valence-corrected chi connectivity index (χ2v) is 9.61. The van der Waals surface area contributed by atoms with Crippen LogP contribution in [0, 0.1) is 11.8 Å². The van der Waals surface area contributed by atoms with E-state index in [0.29, 0.717) is 30.6 Å². The van der Waals surface area contributed by atoms with Crippen molar-refractivity contribution < 1.29 is 22.7 Å². The summed E-state index contributed by atoms with van der Waals surface area (Å²) < 4.78 is 32.1. The fraction of sp³-hybridized carbons (Fsp3) is 0.500. The van der Waals surface area contributed by atoms with Gasteiger partial charge in [-0.3, -0.25) is 4.79 Å². The lowest BCUT2D eigenvalue weighted by Gasteiger charge is -2.34. The predicted molar refractivity (Wildman–Crippen MR) is 107 cm³/mol. The maximum absolute atomic E-state index is 12.9. The van der Waals surface area contributed by atoms with E-state index in [2.05, 4.69) is 19.2 Å². The zero-order chi connectivity index (χ0) is 20.9. The SMILES string of the molecule is CC(C)=CC(=O)OCC(=O)Nc1ccc(S(=O)(=O)N2C[C@@H](C)C[C@H](C)C2)cc1. The molecule has 0 aromatic heterocycles. The Kier molecular flexibility index (Phi) is 7.37. The molecule has 0 aliphatic carbocycles. The number of ether oxygens (including phenoxy) is 1. The summed E-state index contributed by atoms with van der Waals surface area (Å²) in [5.74, 6) is -0.427. The summed E-state index contributed by atoms with van der Waals surface area (Å²) in [7, 11) is -3.56. The third kappa shape index (κ3) is 6.17. The first-order chi connectivity index (χ1) is 13.1. The van der Waals surface area contributed by atoms with Crippen LogP contribution in [-0.2, 0) is 24.3 Å². The molecule has 28 heavy (non-hydrogen) atoms. The van der Waals surface area contributed by atoms with Crippen LogP contribution in [0.4, 0.5) is 5.69 Å². The lowest BCUT2D eigenvalue weighted by molar-refractivity contribution is -0.142. The number of carbonyl (C=O) groups excluding carboxylic acids is 2. The van der Waals surface area contributed by atoms with Crippen molar-refractivity contribution in [3.05, 3.63) is 35.9 Å². The molecule has 7 nitrogen and oxygen atoms in total. The molecule has 2 rings (SSSR count). The molecule has 8 heteroatoms. The highest BCUT2D eigenvalue weighted by Gasteiger charge is 2.31. The van der Waals surface area contributed by atoms with Gasteiger partial charge >= 0.3 is 5.97 Å². The van der Waals surface area contributed by atoms with Crippen LogP contribution in [-0.4, -0.2) is 44.3 Å². The van der Waals surface area contributed by atoms with E-state index in [9.17, 15) is 18.0 Å². The van der Waals surface area contributed by atoms with Crippen LogP contribution in [0.5, 0.6) is 0 Å². The van der Waals surface area contributed by atoms with Crippen LogP contribution in [0.15, 0.2) is 40.8 Å². The molecule has 0 radical (unpaired) electrons. The Morgan fingerprint density at radius 1 is 1.14 bits per heavy atom. The third-order valence-electron chi connectivity index (χ3n) is 4.36. The first-order valence-electron chi connectivity index (χ1n) is 9.29. The van der Waals surface area contributed by atoms with Gasteiger partial charge in [0, 0.05) is 24.9 Å². The van der Waals surface area contributed by atoms with Crippen molar-refractivity contribution in [3.8, 4) is 0 Å². The second kappa shape index (κ2) is 9.34.